The third kappa shape index (κ3) is 3.85. The Balaban J connectivity index is 1.68. The molecule has 1 atom stereocenters. The standard InChI is InChI=1S/C16H25N7O3/c1-10(2)23-11(3)17-15(20-23)19-16(24)22-8-5-6-12(22)14-18-13(21-26-14)7-9-25-4/h10,12H,5-9H2,1-4H3,(H,19,20,24). The third-order valence-corrected chi connectivity index (χ3v) is 4.32. The molecule has 2 aromatic heterocycles. The van der Waals surface area contributed by atoms with Gasteiger partial charge in [-0.05, 0) is 33.6 Å². The maximum Gasteiger partial charge on any atom is 0.324 e. The molecule has 3 heterocycles. The van der Waals surface area contributed by atoms with E-state index in [2.05, 4.69) is 25.5 Å². The Morgan fingerprint density at radius 2 is 2.23 bits per heavy atom. The van der Waals surface area contributed by atoms with Gasteiger partial charge in [-0.25, -0.2) is 9.48 Å². The highest BCUT2D eigenvalue weighted by Gasteiger charge is 2.34. The molecule has 2 aromatic rings. The number of aromatic nitrogens is 5. The topological polar surface area (TPSA) is 111 Å². The number of anilines is 1. The van der Waals surface area contributed by atoms with Gasteiger partial charge < -0.3 is 14.2 Å². The van der Waals surface area contributed by atoms with Gasteiger partial charge in [0.05, 0.1) is 6.61 Å². The average molecular weight is 363 g/mol. The molecule has 0 aliphatic carbocycles. The van der Waals surface area contributed by atoms with Crippen LogP contribution in [0.25, 0.3) is 0 Å². The lowest BCUT2D eigenvalue weighted by molar-refractivity contribution is 0.192. The van der Waals surface area contributed by atoms with Gasteiger partial charge >= 0.3 is 6.03 Å². The fourth-order valence-electron chi connectivity index (χ4n) is 3.08. The number of hydrogen-bond donors (Lipinski definition) is 1. The maximum absolute atomic E-state index is 12.7. The zero-order valence-electron chi connectivity index (χ0n) is 15.6. The summed E-state index contributed by atoms with van der Waals surface area (Å²) in [5, 5.41) is 11.1. The molecule has 0 saturated carbocycles. The number of amides is 2. The van der Waals surface area contributed by atoms with Crippen LogP contribution < -0.4 is 5.32 Å². The maximum atomic E-state index is 12.7. The third-order valence-electron chi connectivity index (χ3n) is 4.32. The number of ether oxygens (including phenoxy) is 1. The molecular weight excluding hydrogens is 338 g/mol. The number of urea groups is 1. The molecule has 1 aliphatic heterocycles. The molecule has 3 rings (SSSR count). The van der Waals surface area contributed by atoms with Gasteiger partial charge in [0.2, 0.25) is 11.8 Å². The highest BCUT2D eigenvalue weighted by molar-refractivity contribution is 5.87. The Labute approximate surface area is 151 Å². The SMILES string of the molecule is COCCc1noc(C2CCCN2C(=O)Nc2nc(C)n(C(C)C)n2)n1. The Morgan fingerprint density at radius 1 is 1.42 bits per heavy atom. The molecule has 1 fully saturated rings. The smallest absolute Gasteiger partial charge is 0.324 e. The number of carbonyl (C=O) groups excluding carboxylic acids is 1. The summed E-state index contributed by atoms with van der Waals surface area (Å²) in [7, 11) is 1.63. The summed E-state index contributed by atoms with van der Waals surface area (Å²) < 4.78 is 12.2. The van der Waals surface area contributed by atoms with Crippen molar-refractivity contribution in [2.75, 3.05) is 25.6 Å². The number of methoxy groups -OCH3 is 1. The molecule has 1 saturated heterocycles. The van der Waals surface area contributed by atoms with Gasteiger partial charge in [-0.15, -0.1) is 5.10 Å². The monoisotopic (exact) mass is 363 g/mol. The minimum Gasteiger partial charge on any atom is -0.384 e. The van der Waals surface area contributed by atoms with Gasteiger partial charge in [-0.1, -0.05) is 5.16 Å². The van der Waals surface area contributed by atoms with Gasteiger partial charge in [0.15, 0.2) is 5.82 Å². The van der Waals surface area contributed by atoms with Gasteiger partial charge in [-0.2, -0.15) is 9.97 Å². The van der Waals surface area contributed by atoms with Crippen molar-refractivity contribution in [3.8, 4) is 0 Å². The Hall–Kier alpha value is -2.49. The van der Waals surface area contributed by atoms with E-state index in [1.807, 2.05) is 20.8 Å². The summed E-state index contributed by atoms with van der Waals surface area (Å²) >= 11 is 0. The molecule has 1 N–H and O–H groups in total. The van der Waals surface area contributed by atoms with E-state index >= 15 is 0 Å². The molecule has 142 valence electrons. The minimum atomic E-state index is -0.259. The van der Waals surface area contributed by atoms with Crippen LogP contribution in [0, 0.1) is 6.92 Å². The molecule has 10 nitrogen and oxygen atoms in total. The lowest BCUT2D eigenvalue weighted by Gasteiger charge is -2.21. The second-order valence-electron chi connectivity index (χ2n) is 6.59. The first-order chi connectivity index (χ1) is 12.5. The molecule has 0 spiro atoms. The molecule has 10 heteroatoms. The van der Waals surface area contributed by atoms with Crippen molar-refractivity contribution in [3.05, 3.63) is 17.5 Å². The number of carbonyl (C=O) groups is 1. The van der Waals surface area contributed by atoms with Crippen molar-refractivity contribution >= 4 is 12.0 Å². The van der Waals surface area contributed by atoms with Crippen LogP contribution in [-0.4, -0.2) is 56.1 Å². The fourth-order valence-corrected chi connectivity index (χ4v) is 3.08. The molecule has 2 amide bonds. The van der Waals surface area contributed by atoms with Gasteiger partial charge in [-0.3, -0.25) is 5.32 Å². The van der Waals surface area contributed by atoms with E-state index in [-0.39, 0.29) is 18.1 Å². The van der Waals surface area contributed by atoms with Crippen LogP contribution in [0.2, 0.25) is 0 Å². The van der Waals surface area contributed by atoms with E-state index in [4.69, 9.17) is 9.26 Å². The van der Waals surface area contributed by atoms with Gasteiger partial charge in [0, 0.05) is 26.1 Å². The predicted molar refractivity (Wildman–Crippen MR) is 92.7 cm³/mol. The van der Waals surface area contributed by atoms with Crippen molar-refractivity contribution in [2.45, 2.75) is 52.1 Å². The largest absolute Gasteiger partial charge is 0.384 e. The van der Waals surface area contributed by atoms with Crippen LogP contribution in [0.1, 0.15) is 56.3 Å². The lowest BCUT2D eigenvalue weighted by Crippen LogP contribution is -2.35. The molecule has 1 aliphatic rings. The quantitative estimate of drug-likeness (QED) is 0.836. The highest BCUT2D eigenvalue weighted by Crippen LogP contribution is 2.31. The fraction of sp³-hybridized carbons (Fsp3) is 0.688. The Bertz CT molecular complexity index is 755. The number of likely N-dealkylation sites (tertiary alicyclic amines) is 1. The molecule has 0 radical (unpaired) electrons. The van der Waals surface area contributed by atoms with Gasteiger partial charge in [0.1, 0.15) is 11.9 Å². The summed E-state index contributed by atoms with van der Waals surface area (Å²) in [5.74, 6) is 2.11. The predicted octanol–water partition coefficient (Wildman–Crippen LogP) is 2.11. The van der Waals surface area contributed by atoms with Crippen LogP contribution in [0.3, 0.4) is 0 Å². The molecular formula is C16H25N7O3. The second kappa shape index (κ2) is 7.81. The first-order valence-electron chi connectivity index (χ1n) is 8.81. The lowest BCUT2D eigenvalue weighted by atomic mass is 10.2. The molecule has 26 heavy (non-hydrogen) atoms. The van der Waals surface area contributed by atoms with E-state index < -0.39 is 0 Å². The Morgan fingerprint density at radius 3 is 2.92 bits per heavy atom. The molecule has 0 bridgehead atoms. The van der Waals surface area contributed by atoms with E-state index in [1.165, 1.54) is 0 Å². The van der Waals surface area contributed by atoms with Crippen molar-refractivity contribution in [2.24, 2.45) is 0 Å². The van der Waals surface area contributed by atoms with Crippen molar-refractivity contribution in [1.82, 2.24) is 29.8 Å². The van der Waals surface area contributed by atoms with E-state index in [1.54, 1.807) is 16.7 Å². The normalized spacial score (nSPS) is 17.3. The number of nitrogens with zero attached hydrogens (tertiary/aromatic N) is 6. The highest BCUT2D eigenvalue weighted by atomic mass is 16.5. The van der Waals surface area contributed by atoms with Crippen molar-refractivity contribution < 1.29 is 14.1 Å². The molecule has 1 unspecified atom stereocenters. The summed E-state index contributed by atoms with van der Waals surface area (Å²) in [6.07, 6.45) is 2.24. The van der Waals surface area contributed by atoms with Crippen molar-refractivity contribution in [1.29, 1.82) is 0 Å². The second-order valence-corrected chi connectivity index (χ2v) is 6.59. The van der Waals surface area contributed by atoms with E-state index in [0.29, 0.717) is 37.2 Å². The first kappa shape index (κ1) is 18.3. The van der Waals surface area contributed by atoms with Crippen LogP contribution >= 0.6 is 0 Å². The van der Waals surface area contributed by atoms with Gasteiger partial charge in [0.25, 0.3) is 0 Å². The van der Waals surface area contributed by atoms with Crippen LogP contribution in [0.5, 0.6) is 0 Å². The van der Waals surface area contributed by atoms with Crippen LogP contribution in [0.4, 0.5) is 10.7 Å². The zero-order chi connectivity index (χ0) is 18.7. The van der Waals surface area contributed by atoms with E-state index in [0.717, 1.165) is 18.7 Å². The van der Waals surface area contributed by atoms with E-state index in [9.17, 15) is 4.79 Å². The number of hydrogen-bond acceptors (Lipinski definition) is 7. The van der Waals surface area contributed by atoms with Crippen LogP contribution in [-0.2, 0) is 11.2 Å². The number of rotatable bonds is 6. The molecule has 0 aromatic carbocycles. The van der Waals surface area contributed by atoms with Crippen molar-refractivity contribution in [3.63, 3.8) is 0 Å². The number of nitrogens with one attached hydrogen (secondary N) is 1. The average Bonchev–Trinajstić information content (AvgIpc) is 3.31. The first-order valence-corrected chi connectivity index (χ1v) is 8.81. The summed E-state index contributed by atoms with van der Waals surface area (Å²) in [6.45, 7) is 7.04. The Kier molecular flexibility index (Phi) is 5.50. The zero-order valence-corrected chi connectivity index (χ0v) is 15.6. The summed E-state index contributed by atoms with van der Waals surface area (Å²) in [4.78, 5) is 23.1. The number of aryl methyl sites for hydroxylation is 1. The summed E-state index contributed by atoms with van der Waals surface area (Å²) in [6, 6.07) is -0.311. The van der Waals surface area contributed by atoms with Crippen LogP contribution in [0.15, 0.2) is 4.52 Å². The minimum absolute atomic E-state index is 0.177. The summed E-state index contributed by atoms with van der Waals surface area (Å²) in [5.41, 5.74) is 0.